The van der Waals surface area contributed by atoms with Crippen LogP contribution in [0, 0.1) is 13.8 Å². The van der Waals surface area contributed by atoms with Gasteiger partial charge in [-0.1, -0.05) is 23.9 Å². The first-order valence-electron chi connectivity index (χ1n) is 7.78. The number of rotatable bonds is 6. The first-order valence-corrected chi connectivity index (χ1v) is 8.76. The lowest BCUT2D eigenvalue weighted by Gasteiger charge is -2.09. The molecule has 5 nitrogen and oxygen atoms in total. The van der Waals surface area contributed by atoms with Crippen LogP contribution in [0.5, 0.6) is 5.75 Å². The summed E-state index contributed by atoms with van der Waals surface area (Å²) in [5.74, 6) is 2.58. The Hall–Kier alpha value is -2.34. The summed E-state index contributed by atoms with van der Waals surface area (Å²) in [7, 11) is 1.97. The van der Waals surface area contributed by atoms with Gasteiger partial charge in [0, 0.05) is 30.8 Å². The van der Waals surface area contributed by atoms with E-state index in [0.29, 0.717) is 6.61 Å². The van der Waals surface area contributed by atoms with E-state index in [1.54, 1.807) is 24.2 Å². The molecule has 6 heteroatoms. The van der Waals surface area contributed by atoms with Crippen molar-refractivity contribution in [2.45, 2.75) is 19.0 Å². The molecule has 2 aromatic heterocycles. The Kier molecular flexibility index (Phi) is 5.15. The molecule has 3 rings (SSSR count). The average molecular weight is 340 g/mol. The van der Waals surface area contributed by atoms with Crippen LogP contribution in [0.4, 0.5) is 0 Å². The van der Waals surface area contributed by atoms with Crippen LogP contribution in [0.3, 0.4) is 0 Å². The van der Waals surface area contributed by atoms with Crippen molar-refractivity contribution in [2.75, 3.05) is 12.4 Å². The van der Waals surface area contributed by atoms with E-state index in [1.165, 1.54) is 5.56 Å². The number of thioether (sulfide) groups is 1. The highest BCUT2D eigenvalue weighted by Crippen LogP contribution is 2.23. The molecule has 0 saturated heterocycles. The summed E-state index contributed by atoms with van der Waals surface area (Å²) in [5, 5.41) is 9.39. The molecule has 0 amide bonds. The number of aromatic nitrogens is 4. The number of nitrogens with zero attached hydrogens (tertiary/aromatic N) is 4. The lowest BCUT2D eigenvalue weighted by Crippen LogP contribution is -2.03. The van der Waals surface area contributed by atoms with E-state index in [0.717, 1.165) is 33.6 Å². The molecule has 0 aliphatic carbocycles. The topological polar surface area (TPSA) is 52.8 Å². The van der Waals surface area contributed by atoms with Crippen molar-refractivity contribution in [2.24, 2.45) is 7.05 Å². The van der Waals surface area contributed by atoms with Crippen LogP contribution >= 0.6 is 11.8 Å². The zero-order valence-electron chi connectivity index (χ0n) is 14.1. The number of hydrogen-bond acceptors (Lipinski definition) is 5. The smallest absolute Gasteiger partial charge is 0.191 e. The SMILES string of the molecule is Cc1ccc(C)c(OCCSc2nnc(-c3cccnc3)n2C)c1. The molecule has 0 N–H and O–H groups in total. The van der Waals surface area contributed by atoms with Gasteiger partial charge in [0.1, 0.15) is 5.75 Å². The Morgan fingerprint density at radius 1 is 1.17 bits per heavy atom. The first-order chi connectivity index (χ1) is 11.6. The molecule has 0 aliphatic heterocycles. The molecule has 0 spiro atoms. The summed E-state index contributed by atoms with van der Waals surface area (Å²) in [6.45, 7) is 4.76. The number of hydrogen-bond donors (Lipinski definition) is 0. The van der Waals surface area contributed by atoms with Gasteiger partial charge in [0.15, 0.2) is 11.0 Å². The summed E-state index contributed by atoms with van der Waals surface area (Å²) in [4.78, 5) is 4.13. The summed E-state index contributed by atoms with van der Waals surface area (Å²) >= 11 is 1.64. The monoisotopic (exact) mass is 340 g/mol. The van der Waals surface area contributed by atoms with E-state index < -0.39 is 0 Å². The van der Waals surface area contributed by atoms with Crippen molar-refractivity contribution >= 4 is 11.8 Å². The molecule has 1 aromatic carbocycles. The van der Waals surface area contributed by atoms with Crippen molar-refractivity contribution < 1.29 is 4.74 Å². The van der Waals surface area contributed by atoms with Crippen molar-refractivity contribution in [1.82, 2.24) is 19.7 Å². The number of aryl methyl sites for hydroxylation is 2. The third-order valence-corrected chi connectivity index (χ3v) is 4.65. The molecule has 0 radical (unpaired) electrons. The highest BCUT2D eigenvalue weighted by atomic mass is 32.2. The Bertz CT molecular complexity index is 817. The zero-order valence-corrected chi connectivity index (χ0v) is 14.9. The summed E-state index contributed by atoms with van der Waals surface area (Å²) in [5.41, 5.74) is 3.33. The van der Waals surface area contributed by atoms with Gasteiger partial charge in [0.25, 0.3) is 0 Å². The highest BCUT2D eigenvalue weighted by Gasteiger charge is 2.11. The molecule has 0 saturated carbocycles. The fraction of sp³-hybridized carbons (Fsp3) is 0.278. The third kappa shape index (κ3) is 3.76. The van der Waals surface area contributed by atoms with Gasteiger partial charge in [-0.25, -0.2) is 0 Å². The molecule has 0 unspecified atom stereocenters. The van der Waals surface area contributed by atoms with E-state index in [1.807, 2.05) is 23.7 Å². The van der Waals surface area contributed by atoms with Gasteiger partial charge in [-0.15, -0.1) is 10.2 Å². The second-order valence-electron chi connectivity index (χ2n) is 5.57. The fourth-order valence-corrected chi connectivity index (χ4v) is 3.06. The van der Waals surface area contributed by atoms with Gasteiger partial charge in [-0.3, -0.25) is 4.98 Å². The molecule has 0 fully saturated rings. The minimum absolute atomic E-state index is 0.629. The summed E-state index contributed by atoms with van der Waals surface area (Å²) in [6.07, 6.45) is 3.54. The second kappa shape index (κ2) is 7.49. The van der Waals surface area contributed by atoms with Gasteiger partial charge >= 0.3 is 0 Å². The molecule has 2 heterocycles. The first kappa shape index (κ1) is 16.5. The Morgan fingerprint density at radius 3 is 2.83 bits per heavy atom. The molecule has 0 bridgehead atoms. The quantitative estimate of drug-likeness (QED) is 0.506. The predicted octanol–water partition coefficient (Wildman–Crippen LogP) is 3.67. The van der Waals surface area contributed by atoms with Crippen LogP contribution in [0.25, 0.3) is 11.4 Å². The molecule has 0 aliphatic rings. The lowest BCUT2D eigenvalue weighted by atomic mass is 10.1. The second-order valence-corrected chi connectivity index (χ2v) is 6.63. The summed E-state index contributed by atoms with van der Waals surface area (Å²) in [6, 6.07) is 10.1. The van der Waals surface area contributed by atoms with Crippen LogP contribution in [-0.4, -0.2) is 32.1 Å². The van der Waals surface area contributed by atoms with Crippen molar-refractivity contribution in [3.63, 3.8) is 0 Å². The van der Waals surface area contributed by atoms with Crippen LogP contribution in [0.15, 0.2) is 47.9 Å². The predicted molar refractivity (Wildman–Crippen MR) is 96.4 cm³/mol. The van der Waals surface area contributed by atoms with Crippen LogP contribution < -0.4 is 4.74 Å². The van der Waals surface area contributed by atoms with E-state index in [4.69, 9.17) is 4.74 Å². The molecule has 24 heavy (non-hydrogen) atoms. The number of pyridine rings is 1. The Morgan fingerprint density at radius 2 is 2.04 bits per heavy atom. The van der Waals surface area contributed by atoms with Crippen LogP contribution in [0.1, 0.15) is 11.1 Å². The van der Waals surface area contributed by atoms with Gasteiger partial charge in [0.05, 0.1) is 6.61 Å². The normalized spacial score (nSPS) is 10.8. The average Bonchev–Trinajstić information content (AvgIpc) is 2.96. The zero-order chi connectivity index (χ0) is 16.9. The van der Waals surface area contributed by atoms with Crippen LogP contribution in [-0.2, 0) is 7.05 Å². The number of benzene rings is 1. The Balaban J connectivity index is 1.58. The van der Waals surface area contributed by atoms with Gasteiger partial charge < -0.3 is 9.30 Å². The fourth-order valence-electron chi connectivity index (χ4n) is 2.33. The maximum absolute atomic E-state index is 5.88. The largest absolute Gasteiger partial charge is 0.492 e. The number of ether oxygens (including phenoxy) is 1. The maximum Gasteiger partial charge on any atom is 0.191 e. The van der Waals surface area contributed by atoms with E-state index >= 15 is 0 Å². The minimum atomic E-state index is 0.629. The van der Waals surface area contributed by atoms with Crippen LogP contribution in [0.2, 0.25) is 0 Å². The van der Waals surface area contributed by atoms with E-state index in [-0.39, 0.29) is 0 Å². The van der Waals surface area contributed by atoms with E-state index in [9.17, 15) is 0 Å². The van der Waals surface area contributed by atoms with Crippen molar-refractivity contribution in [1.29, 1.82) is 0 Å². The molecule has 124 valence electrons. The summed E-state index contributed by atoms with van der Waals surface area (Å²) < 4.78 is 7.87. The third-order valence-electron chi connectivity index (χ3n) is 3.67. The highest BCUT2D eigenvalue weighted by molar-refractivity contribution is 7.99. The minimum Gasteiger partial charge on any atom is -0.492 e. The molecule has 3 aromatic rings. The van der Waals surface area contributed by atoms with Crippen molar-refractivity contribution in [3.8, 4) is 17.1 Å². The molecular weight excluding hydrogens is 320 g/mol. The van der Waals surface area contributed by atoms with Gasteiger partial charge in [-0.2, -0.15) is 0 Å². The maximum atomic E-state index is 5.88. The standard InChI is InChI=1S/C18H20N4OS/c1-13-6-7-14(2)16(11-13)23-9-10-24-18-21-20-17(22(18)3)15-5-4-8-19-12-15/h4-8,11-12H,9-10H2,1-3H3. The molecule has 0 atom stereocenters. The van der Waals surface area contributed by atoms with Crippen molar-refractivity contribution in [3.05, 3.63) is 53.9 Å². The van der Waals surface area contributed by atoms with Gasteiger partial charge in [-0.05, 0) is 43.2 Å². The van der Waals surface area contributed by atoms with Gasteiger partial charge in [0.2, 0.25) is 0 Å². The Labute approximate surface area is 146 Å². The molecular formula is C18H20N4OS. The lowest BCUT2D eigenvalue weighted by molar-refractivity contribution is 0.341. The van der Waals surface area contributed by atoms with E-state index in [2.05, 4.69) is 47.2 Å².